The highest BCUT2D eigenvalue weighted by atomic mass is 32.2. The molecule has 0 spiro atoms. The largest absolute Gasteiger partial charge is 0.392 e. The van der Waals surface area contributed by atoms with Crippen LogP contribution in [0.1, 0.15) is 19.4 Å². The van der Waals surface area contributed by atoms with E-state index in [4.69, 9.17) is 9.84 Å². The summed E-state index contributed by atoms with van der Waals surface area (Å²) >= 11 is 0. The number of rotatable bonds is 8. The van der Waals surface area contributed by atoms with Crippen molar-refractivity contribution in [2.24, 2.45) is 5.92 Å². The molecule has 20 heavy (non-hydrogen) atoms. The molecule has 0 aliphatic rings. The van der Waals surface area contributed by atoms with Gasteiger partial charge in [-0.25, -0.2) is 13.4 Å². The first-order valence-electron chi connectivity index (χ1n) is 6.46. The molecule has 1 heterocycles. The zero-order valence-electron chi connectivity index (χ0n) is 12.1. The van der Waals surface area contributed by atoms with Gasteiger partial charge in [0, 0.05) is 26.4 Å². The normalized spacial score (nSPS) is 12.3. The standard InChI is InChI=1S/C13H22N2O4S/c1-11(2)9-15(6-7-19-3)20(17,18)13-5-4-12(10-16)8-14-13/h4-5,8,11,16H,6-7,9-10H2,1-3H3. The van der Waals surface area contributed by atoms with Gasteiger partial charge in [0.15, 0.2) is 5.03 Å². The molecule has 0 saturated carbocycles. The van der Waals surface area contributed by atoms with Gasteiger partial charge in [-0.2, -0.15) is 4.31 Å². The van der Waals surface area contributed by atoms with Crippen LogP contribution in [0.15, 0.2) is 23.4 Å². The first-order chi connectivity index (χ1) is 9.41. The maximum absolute atomic E-state index is 12.5. The maximum atomic E-state index is 12.5. The van der Waals surface area contributed by atoms with Gasteiger partial charge < -0.3 is 9.84 Å². The molecule has 0 atom stereocenters. The van der Waals surface area contributed by atoms with E-state index < -0.39 is 10.0 Å². The minimum Gasteiger partial charge on any atom is -0.392 e. The monoisotopic (exact) mass is 302 g/mol. The highest BCUT2D eigenvalue weighted by Crippen LogP contribution is 2.15. The molecule has 0 aliphatic heterocycles. The molecular formula is C13H22N2O4S. The van der Waals surface area contributed by atoms with E-state index in [2.05, 4.69) is 4.98 Å². The Morgan fingerprint density at radius 2 is 2.10 bits per heavy atom. The topological polar surface area (TPSA) is 79.7 Å². The highest BCUT2D eigenvalue weighted by Gasteiger charge is 2.26. The number of aliphatic hydroxyl groups excluding tert-OH is 1. The minimum atomic E-state index is -3.63. The molecule has 0 fully saturated rings. The van der Waals surface area contributed by atoms with Crippen molar-refractivity contribution in [3.63, 3.8) is 0 Å². The first kappa shape index (κ1) is 17.0. The Morgan fingerprint density at radius 3 is 2.55 bits per heavy atom. The van der Waals surface area contributed by atoms with Crippen molar-refractivity contribution in [3.05, 3.63) is 23.9 Å². The number of nitrogens with zero attached hydrogens (tertiary/aromatic N) is 2. The van der Waals surface area contributed by atoms with E-state index in [-0.39, 0.29) is 17.6 Å². The number of ether oxygens (including phenoxy) is 1. The predicted octanol–water partition coefficient (Wildman–Crippen LogP) is 0.867. The fourth-order valence-electron chi connectivity index (χ4n) is 1.70. The molecule has 0 bridgehead atoms. The van der Waals surface area contributed by atoms with E-state index >= 15 is 0 Å². The van der Waals surface area contributed by atoms with Crippen molar-refractivity contribution < 1.29 is 18.3 Å². The fraction of sp³-hybridized carbons (Fsp3) is 0.615. The van der Waals surface area contributed by atoms with Crippen molar-refractivity contribution >= 4 is 10.0 Å². The molecule has 0 radical (unpaired) electrons. The van der Waals surface area contributed by atoms with Gasteiger partial charge in [0.05, 0.1) is 13.2 Å². The van der Waals surface area contributed by atoms with Gasteiger partial charge >= 0.3 is 0 Å². The molecular weight excluding hydrogens is 280 g/mol. The Labute approximate surface area is 120 Å². The van der Waals surface area contributed by atoms with Gasteiger partial charge in [0.25, 0.3) is 10.0 Å². The van der Waals surface area contributed by atoms with Gasteiger partial charge in [-0.1, -0.05) is 19.9 Å². The lowest BCUT2D eigenvalue weighted by Crippen LogP contribution is -2.37. The lowest BCUT2D eigenvalue weighted by atomic mass is 10.2. The van der Waals surface area contributed by atoms with Crippen LogP contribution in [0.3, 0.4) is 0 Å². The second-order valence-electron chi connectivity index (χ2n) is 4.91. The summed E-state index contributed by atoms with van der Waals surface area (Å²) in [5.74, 6) is 0.207. The van der Waals surface area contributed by atoms with Crippen molar-refractivity contribution in [2.45, 2.75) is 25.5 Å². The SMILES string of the molecule is COCCN(CC(C)C)S(=O)(=O)c1ccc(CO)cn1. The summed E-state index contributed by atoms with van der Waals surface area (Å²) in [5.41, 5.74) is 0.580. The van der Waals surface area contributed by atoms with Crippen molar-refractivity contribution in [2.75, 3.05) is 26.8 Å². The van der Waals surface area contributed by atoms with Crippen LogP contribution in [0, 0.1) is 5.92 Å². The molecule has 1 rings (SSSR count). The minimum absolute atomic E-state index is 0.00791. The van der Waals surface area contributed by atoms with Gasteiger partial charge in [0.2, 0.25) is 0 Å². The number of hydrogen-bond acceptors (Lipinski definition) is 5. The van der Waals surface area contributed by atoms with Crippen LogP contribution in [-0.2, 0) is 21.4 Å². The summed E-state index contributed by atoms with van der Waals surface area (Å²) in [4.78, 5) is 3.93. The summed E-state index contributed by atoms with van der Waals surface area (Å²) in [5, 5.41) is 8.95. The van der Waals surface area contributed by atoms with E-state index in [9.17, 15) is 8.42 Å². The molecule has 0 amide bonds. The van der Waals surface area contributed by atoms with Gasteiger partial charge in [-0.05, 0) is 17.5 Å². The summed E-state index contributed by atoms with van der Waals surface area (Å²) in [6, 6.07) is 2.98. The molecule has 114 valence electrons. The quantitative estimate of drug-likeness (QED) is 0.770. The molecule has 0 aliphatic carbocycles. The van der Waals surface area contributed by atoms with Gasteiger partial charge in [0.1, 0.15) is 0 Å². The van der Waals surface area contributed by atoms with Crippen molar-refractivity contribution in [1.29, 1.82) is 0 Å². The van der Waals surface area contributed by atoms with Gasteiger partial charge in [-0.3, -0.25) is 0 Å². The Morgan fingerprint density at radius 1 is 1.40 bits per heavy atom. The molecule has 6 nitrogen and oxygen atoms in total. The van der Waals surface area contributed by atoms with Crippen LogP contribution in [0.5, 0.6) is 0 Å². The number of methoxy groups -OCH3 is 1. The number of pyridine rings is 1. The smallest absolute Gasteiger partial charge is 0.260 e. The van der Waals surface area contributed by atoms with E-state index in [1.165, 1.54) is 23.7 Å². The third kappa shape index (κ3) is 4.52. The lowest BCUT2D eigenvalue weighted by Gasteiger charge is -2.23. The van der Waals surface area contributed by atoms with Crippen molar-refractivity contribution in [3.8, 4) is 0 Å². The van der Waals surface area contributed by atoms with Crippen LogP contribution in [0.25, 0.3) is 0 Å². The molecule has 0 saturated heterocycles. The molecule has 1 N–H and O–H groups in total. The maximum Gasteiger partial charge on any atom is 0.260 e. The van der Waals surface area contributed by atoms with Crippen LogP contribution in [-0.4, -0.2) is 49.6 Å². The summed E-state index contributed by atoms with van der Waals surface area (Å²) in [6.07, 6.45) is 1.37. The predicted molar refractivity (Wildman–Crippen MR) is 75.6 cm³/mol. The van der Waals surface area contributed by atoms with Crippen LogP contribution >= 0.6 is 0 Å². The Kier molecular flexibility index (Phi) is 6.54. The Bertz CT molecular complexity index is 500. The number of aliphatic hydroxyl groups is 1. The zero-order chi connectivity index (χ0) is 15.2. The summed E-state index contributed by atoms with van der Waals surface area (Å²) < 4.78 is 31.4. The molecule has 1 aromatic rings. The molecule has 1 aromatic heterocycles. The average Bonchev–Trinajstić information content (AvgIpc) is 2.43. The zero-order valence-corrected chi connectivity index (χ0v) is 12.9. The summed E-state index contributed by atoms with van der Waals surface area (Å²) in [7, 11) is -2.10. The summed E-state index contributed by atoms with van der Waals surface area (Å²) in [6.45, 7) is 4.79. The lowest BCUT2D eigenvalue weighted by molar-refractivity contribution is 0.175. The molecule has 0 aromatic carbocycles. The first-order valence-corrected chi connectivity index (χ1v) is 7.90. The second-order valence-corrected chi connectivity index (χ2v) is 6.80. The van der Waals surface area contributed by atoms with Crippen LogP contribution < -0.4 is 0 Å². The number of aromatic nitrogens is 1. The van der Waals surface area contributed by atoms with E-state index in [0.717, 1.165) is 0 Å². The average molecular weight is 302 g/mol. The third-order valence-corrected chi connectivity index (χ3v) is 4.48. The van der Waals surface area contributed by atoms with Crippen LogP contribution in [0.2, 0.25) is 0 Å². The highest BCUT2D eigenvalue weighted by molar-refractivity contribution is 7.89. The Balaban J connectivity index is 3.00. The fourth-order valence-corrected chi connectivity index (χ4v) is 3.20. The second kappa shape index (κ2) is 7.68. The Hall–Kier alpha value is -1.02. The van der Waals surface area contributed by atoms with Crippen LogP contribution in [0.4, 0.5) is 0 Å². The number of sulfonamides is 1. The van der Waals surface area contributed by atoms with E-state index in [1.54, 1.807) is 6.07 Å². The third-order valence-electron chi connectivity index (χ3n) is 2.70. The molecule has 0 unspecified atom stereocenters. The molecule has 7 heteroatoms. The van der Waals surface area contributed by atoms with Crippen molar-refractivity contribution in [1.82, 2.24) is 9.29 Å². The van der Waals surface area contributed by atoms with E-state index in [0.29, 0.717) is 25.3 Å². The van der Waals surface area contributed by atoms with E-state index in [1.807, 2.05) is 13.8 Å². The van der Waals surface area contributed by atoms with Gasteiger partial charge in [-0.15, -0.1) is 0 Å². The number of hydrogen-bond donors (Lipinski definition) is 1.